The van der Waals surface area contributed by atoms with Gasteiger partial charge < -0.3 is 20.1 Å². The van der Waals surface area contributed by atoms with Gasteiger partial charge in [-0.25, -0.2) is 15.0 Å². The van der Waals surface area contributed by atoms with Crippen molar-refractivity contribution in [3.05, 3.63) is 48.0 Å². The number of likely N-dealkylation sites (N-methyl/N-ethyl adjacent to an activating group) is 1. The van der Waals surface area contributed by atoms with E-state index in [1.165, 1.54) is 17.5 Å². The molecule has 2 N–H and O–H groups in total. The molecule has 2 aromatic heterocycles. The molecule has 1 aliphatic heterocycles. The van der Waals surface area contributed by atoms with E-state index >= 15 is 0 Å². The molecule has 0 saturated carbocycles. The first-order valence-electron chi connectivity index (χ1n) is 9.61. The molecule has 0 bridgehead atoms. The summed E-state index contributed by atoms with van der Waals surface area (Å²) in [5.41, 5.74) is 3.81. The molecule has 4 rings (SSSR count). The van der Waals surface area contributed by atoms with Gasteiger partial charge in [0.2, 0.25) is 5.91 Å². The van der Waals surface area contributed by atoms with Crippen LogP contribution in [0.5, 0.6) is 0 Å². The molecule has 0 aliphatic carbocycles. The number of anilines is 1. The predicted octanol–water partition coefficient (Wildman–Crippen LogP) is 1.52. The molecule has 146 valence electrons. The smallest absolute Gasteiger partial charge is 0.242 e. The quantitative estimate of drug-likeness (QED) is 0.699. The Morgan fingerprint density at radius 3 is 2.86 bits per heavy atom. The van der Waals surface area contributed by atoms with Gasteiger partial charge in [-0.15, -0.1) is 0 Å². The standard InChI is InChI=1S/C20H25N7O/c1-3-14-4-6-15(7-5-14)16-10-21-8-9-27(16)17(28)11-26(2)20-18-19(23-12-22-18)24-13-25-20/h4-7,12-13,16,21H,3,8-11H2,1-2H3,(H,22,23,24,25). The number of carbonyl (C=O) groups excluding carboxylic acids is 1. The predicted molar refractivity (Wildman–Crippen MR) is 108 cm³/mol. The van der Waals surface area contributed by atoms with Gasteiger partial charge >= 0.3 is 0 Å². The van der Waals surface area contributed by atoms with Crippen LogP contribution in [0.25, 0.3) is 11.2 Å². The van der Waals surface area contributed by atoms with Crippen molar-refractivity contribution < 1.29 is 4.79 Å². The van der Waals surface area contributed by atoms with E-state index in [0.29, 0.717) is 18.0 Å². The van der Waals surface area contributed by atoms with Crippen molar-refractivity contribution >= 4 is 22.9 Å². The second kappa shape index (κ2) is 7.93. The van der Waals surface area contributed by atoms with Crippen LogP contribution in [0.15, 0.2) is 36.9 Å². The van der Waals surface area contributed by atoms with Gasteiger partial charge in [0.25, 0.3) is 0 Å². The van der Waals surface area contributed by atoms with Crippen LogP contribution in [-0.2, 0) is 11.2 Å². The van der Waals surface area contributed by atoms with Crippen molar-refractivity contribution in [3.63, 3.8) is 0 Å². The van der Waals surface area contributed by atoms with E-state index in [4.69, 9.17) is 0 Å². The van der Waals surface area contributed by atoms with Crippen molar-refractivity contribution in [1.29, 1.82) is 0 Å². The molecule has 0 spiro atoms. The maximum atomic E-state index is 13.2. The lowest BCUT2D eigenvalue weighted by molar-refractivity contribution is -0.133. The number of fused-ring (bicyclic) bond motifs is 1. The molecule has 28 heavy (non-hydrogen) atoms. The summed E-state index contributed by atoms with van der Waals surface area (Å²) in [5, 5.41) is 3.41. The Kier molecular flexibility index (Phi) is 5.21. The Balaban J connectivity index is 1.52. The third-order valence-electron chi connectivity index (χ3n) is 5.27. The van der Waals surface area contributed by atoms with Gasteiger partial charge in [-0.1, -0.05) is 31.2 Å². The van der Waals surface area contributed by atoms with Crippen LogP contribution in [-0.4, -0.2) is 64.0 Å². The Bertz CT molecular complexity index is 953. The first kappa shape index (κ1) is 18.4. The molecule has 1 aliphatic rings. The second-order valence-corrected chi connectivity index (χ2v) is 7.06. The van der Waals surface area contributed by atoms with E-state index in [1.807, 2.05) is 16.8 Å². The van der Waals surface area contributed by atoms with E-state index in [2.05, 4.69) is 56.4 Å². The molecule has 0 radical (unpaired) electrons. The Morgan fingerprint density at radius 2 is 2.07 bits per heavy atom. The van der Waals surface area contributed by atoms with E-state index < -0.39 is 0 Å². The summed E-state index contributed by atoms with van der Waals surface area (Å²) in [6.45, 7) is 4.65. The van der Waals surface area contributed by atoms with Crippen molar-refractivity contribution in [2.24, 2.45) is 0 Å². The van der Waals surface area contributed by atoms with E-state index in [1.54, 1.807) is 6.33 Å². The third-order valence-corrected chi connectivity index (χ3v) is 5.27. The highest BCUT2D eigenvalue weighted by Crippen LogP contribution is 2.24. The van der Waals surface area contributed by atoms with Crippen LogP contribution in [0.1, 0.15) is 24.1 Å². The van der Waals surface area contributed by atoms with E-state index in [9.17, 15) is 4.79 Å². The number of carbonyl (C=O) groups is 1. The SMILES string of the molecule is CCc1ccc(C2CNCCN2C(=O)CN(C)c2ncnc3nc[nH]c23)cc1. The summed E-state index contributed by atoms with van der Waals surface area (Å²) in [7, 11) is 1.87. The number of hydrogen-bond acceptors (Lipinski definition) is 6. The highest BCUT2D eigenvalue weighted by molar-refractivity contribution is 5.87. The number of amides is 1. The number of aromatic nitrogens is 4. The molecule has 1 saturated heterocycles. The molecule has 1 aromatic carbocycles. The lowest BCUT2D eigenvalue weighted by atomic mass is 10.0. The Labute approximate surface area is 164 Å². The number of nitrogens with zero attached hydrogens (tertiary/aromatic N) is 5. The molecule has 1 unspecified atom stereocenters. The minimum atomic E-state index is 0.0399. The van der Waals surface area contributed by atoms with E-state index in [0.717, 1.165) is 25.0 Å². The summed E-state index contributed by atoms with van der Waals surface area (Å²) in [6, 6.07) is 8.61. The van der Waals surface area contributed by atoms with Gasteiger partial charge in [-0.2, -0.15) is 0 Å². The van der Waals surface area contributed by atoms with Gasteiger partial charge in [0.05, 0.1) is 18.9 Å². The van der Waals surface area contributed by atoms with Crippen LogP contribution in [0.2, 0.25) is 0 Å². The van der Waals surface area contributed by atoms with Crippen molar-refractivity contribution in [3.8, 4) is 0 Å². The second-order valence-electron chi connectivity index (χ2n) is 7.06. The molecule has 3 aromatic rings. The monoisotopic (exact) mass is 379 g/mol. The van der Waals surface area contributed by atoms with Crippen molar-refractivity contribution in [2.45, 2.75) is 19.4 Å². The normalized spacial score (nSPS) is 17.1. The first-order valence-corrected chi connectivity index (χ1v) is 9.61. The van der Waals surface area contributed by atoms with Crippen molar-refractivity contribution in [1.82, 2.24) is 30.2 Å². The zero-order valence-corrected chi connectivity index (χ0v) is 16.2. The zero-order chi connectivity index (χ0) is 19.5. The summed E-state index contributed by atoms with van der Waals surface area (Å²) in [4.78, 5) is 32.7. The maximum Gasteiger partial charge on any atom is 0.242 e. The van der Waals surface area contributed by atoms with Crippen LogP contribution in [0.3, 0.4) is 0 Å². The van der Waals surface area contributed by atoms with Crippen LogP contribution in [0, 0.1) is 0 Å². The Morgan fingerprint density at radius 1 is 1.25 bits per heavy atom. The molecule has 1 atom stereocenters. The summed E-state index contributed by atoms with van der Waals surface area (Å²) in [5.74, 6) is 0.759. The number of imidazole rings is 1. The lowest BCUT2D eigenvalue weighted by Gasteiger charge is -2.37. The lowest BCUT2D eigenvalue weighted by Crippen LogP contribution is -2.51. The number of aromatic amines is 1. The number of nitrogens with one attached hydrogen (secondary N) is 2. The third kappa shape index (κ3) is 3.55. The van der Waals surface area contributed by atoms with Gasteiger partial charge in [0.15, 0.2) is 11.5 Å². The molecular weight excluding hydrogens is 354 g/mol. The van der Waals surface area contributed by atoms with Gasteiger partial charge in [-0.05, 0) is 17.5 Å². The van der Waals surface area contributed by atoms with Gasteiger partial charge in [-0.3, -0.25) is 4.79 Å². The number of hydrogen-bond donors (Lipinski definition) is 2. The number of H-pyrrole nitrogens is 1. The molecule has 8 heteroatoms. The largest absolute Gasteiger partial charge is 0.348 e. The number of benzene rings is 1. The van der Waals surface area contributed by atoms with Crippen LogP contribution < -0.4 is 10.2 Å². The summed E-state index contributed by atoms with van der Waals surface area (Å²) < 4.78 is 0. The average Bonchev–Trinajstić information content (AvgIpc) is 3.22. The minimum absolute atomic E-state index is 0.0399. The highest BCUT2D eigenvalue weighted by atomic mass is 16.2. The van der Waals surface area contributed by atoms with Crippen molar-refractivity contribution in [2.75, 3.05) is 38.1 Å². The number of rotatable bonds is 5. The molecule has 1 amide bonds. The number of aryl methyl sites for hydroxylation is 1. The van der Waals surface area contributed by atoms with Crippen LogP contribution >= 0.6 is 0 Å². The Hall–Kier alpha value is -3.00. The fourth-order valence-electron chi connectivity index (χ4n) is 3.69. The average molecular weight is 379 g/mol. The fourth-order valence-corrected chi connectivity index (χ4v) is 3.69. The molecule has 3 heterocycles. The summed E-state index contributed by atoms with van der Waals surface area (Å²) >= 11 is 0. The topological polar surface area (TPSA) is 90.0 Å². The van der Waals surface area contributed by atoms with Crippen LogP contribution in [0.4, 0.5) is 5.82 Å². The first-order chi connectivity index (χ1) is 13.7. The minimum Gasteiger partial charge on any atom is -0.348 e. The summed E-state index contributed by atoms with van der Waals surface area (Å²) in [6.07, 6.45) is 4.07. The van der Waals surface area contributed by atoms with Gasteiger partial charge in [0.1, 0.15) is 11.8 Å². The molecule has 1 fully saturated rings. The zero-order valence-electron chi connectivity index (χ0n) is 16.2. The molecule has 8 nitrogen and oxygen atoms in total. The highest BCUT2D eigenvalue weighted by Gasteiger charge is 2.28. The fraction of sp³-hybridized carbons (Fsp3) is 0.400. The van der Waals surface area contributed by atoms with Gasteiger partial charge in [0, 0.05) is 26.7 Å². The maximum absolute atomic E-state index is 13.2. The van der Waals surface area contributed by atoms with E-state index in [-0.39, 0.29) is 18.5 Å². The number of piperazine rings is 1. The molecular formula is C20H25N7O.